The molecule has 3 aromatic carbocycles. The minimum atomic E-state index is -0.428. The van der Waals surface area contributed by atoms with Gasteiger partial charge in [0.2, 0.25) is 11.7 Å². The highest BCUT2D eigenvalue weighted by Gasteiger charge is 2.23. The Morgan fingerprint density at radius 1 is 0.968 bits per heavy atom. The Morgan fingerprint density at radius 3 is 2.45 bits per heavy atom. The van der Waals surface area contributed by atoms with E-state index >= 15 is 0 Å². The Bertz CT molecular complexity index is 1330. The van der Waals surface area contributed by atoms with Gasteiger partial charge in [0.1, 0.15) is 5.58 Å². The first-order valence-electron chi connectivity index (χ1n) is 9.18. The van der Waals surface area contributed by atoms with E-state index < -0.39 is 5.91 Å². The van der Waals surface area contributed by atoms with Crippen LogP contribution in [0.1, 0.15) is 21.7 Å². The zero-order chi connectivity index (χ0) is 22.0. The maximum atomic E-state index is 13.1. The molecule has 4 nitrogen and oxygen atoms in total. The Kier molecular flexibility index (Phi) is 6.28. The van der Waals surface area contributed by atoms with E-state index in [1.54, 1.807) is 66.7 Å². The molecule has 0 aliphatic rings. The van der Waals surface area contributed by atoms with Crippen molar-refractivity contribution in [1.82, 2.24) is 0 Å². The highest BCUT2D eigenvalue weighted by atomic mass is 79.9. The van der Waals surface area contributed by atoms with Gasteiger partial charge in [0.05, 0.1) is 5.69 Å². The predicted molar refractivity (Wildman–Crippen MR) is 128 cm³/mol. The molecule has 31 heavy (non-hydrogen) atoms. The van der Waals surface area contributed by atoms with Gasteiger partial charge in [0, 0.05) is 31.5 Å². The predicted octanol–water partition coefficient (Wildman–Crippen LogP) is 7.39. The molecule has 0 spiro atoms. The molecular formula is C24H14BrCl2NO3. The lowest BCUT2D eigenvalue weighted by Gasteiger charge is -2.04. The number of hydrogen-bond acceptors (Lipinski definition) is 3. The molecule has 0 fully saturated rings. The standard InChI is InChI=1S/C24H14BrCl2NO3/c25-16-9-5-15(6-10-16)23(30)24-22(18-3-1-2-4-20(18)31-24)28-21(29)12-8-14-7-11-17(26)13-19(14)27/h1-13H,(H,28,29)/b12-8+. The second kappa shape index (κ2) is 9.10. The molecule has 0 atom stereocenters. The van der Waals surface area contributed by atoms with Crippen LogP contribution in [0.5, 0.6) is 0 Å². The lowest BCUT2D eigenvalue weighted by Crippen LogP contribution is -2.11. The van der Waals surface area contributed by atoms with Gasteiger partial charge in [-0.1, -0.05) is 57.3 Å². The van der Waals surface area contributed by atoms with Crippen LogP contribution in [0.2, 0.25) is 10.0 Å². The maximum Gasteiger partial charge on any atom is 0.248 e. The first kappa shape index (κ1) is 21.4. The summed E-state index contributed by atoms with van der Waals surface area (Å²) < 4.78 is 6.66. The van der Waals surface area contributed by atoms with E-state index in [2.05, 4.69) is 21.2 Å². The number of halogens is 3. The Hall–Kier alpha value is -2.86. The number of para-hydroxylation sites is 1. The molecule has 1 aromatic heterocycles. The fraction of sp³-hybridized carbons (Fsp3) is 0. The van der Waals surface area contributed by atoms with E-state index in [9.17, 15) is 9.59 Å². The van der Waals surface area contributed by atoms with Crippen molar-refractivity contribution in [2.24, 2.45) is 0 Å². The van der Waals surface area contributed by atoms with Crippen LogP contribution in [-0.4, -0.2) is 11.7 Å². The van der Waals surface area contributed by atoms with Crippen LogP contribution in [0.3, 0.4) is 0 Å². The molecule has 0 aliphatic heterocycles. The molecule has 0 bridgehead atoms. The number of hydrogen-bond donors (Lipinski definition) is 1. The summed E-state index contributed by atoms with van der Waals surface area (Å²) in [5.41, 5.74) is 1.91. The number of anilines is 1. The third-order valence-electron chi connectivity index (χ3n) is 4.53. The van der Waals surface area contributed by atoms with E-state index in [1.165, 1.54) is 6.08 Å². The first-order valence-corrected chi connectivity index (χ1v) is 10.7. The molecule has 0 saturated heterocycles. The van der Waals surface area contributed by atoms with Gasteiger partial charge in [-0.25, -0.2) is 0 Å². The second-order valence-electron chi connectivity index (χ2n) is 6.63. The van der Waals surface area contributed by atoms with Gasteiger partial charge in [-0.2, -0.15) is 0 Å². The molecule has 4 rings (SSSR count). The lowest BCUT2D eigenvalue weighted by atomic mass is 10.1. The second-order valence-corrected chi connectivity index (χ2v) is 8.39. The molecule has 0 radical (unpaired) electrons. The Balaban J connectivity index is 1.67. The number of furan rings is 1. The lowest BCUT2D eigenvalue weighted by molar-refractivity contribution is -0.111. The number of carbonyl (C=O) groups excluding carboxylic acids is 2. The third kappa shape index (κ3) is 4.74. The fourth-order valence-corrected chi connectivity index (χ4v) is 3.76. The zero-order valence-corrected chi connectivity index (χ0v) is 19.0. The monoisotopic (exact) mass is 513 g/mol. The van der Waals surface area contributed by atoms with Gasteiger partial charge < -0.3 is 9.73 Å². The van der Waals surface area contributed by atoms with Crippen molar-refractivity contribution >= 4 is 73.6 Å². The van der Waals surface area contributed by atoms with Crippen LogP contribution < -0.4 is 5.32 Å². The number of rotatable bonds is 5. The molecule has 0 saturated carbocycles. The largest absolute Gasteiger partial charge is 0.450 e. The van der Waals surface area contributed by atoms with Crippen LogP contribution in [0.25, 0.3) is 17.0 Å². The van der Waals surface area contributed by atoms with Crippen molar-refractivity contribution in [3.05, 3.63) is 104 Å². The molecule has 7 heteroatoms. The van der Waals surface area contributed by atoms with E-state index in [-0.39, 0.29) is 11.5 Å². The minimum absolute atomic E-state index is 0.0646. The molecule has 154 valence electrons. The number of carbonyl (C=O) groups is 2. The highest BCUT2D eigenvalue weighted by Crippen LogP contribution is 2.33. The summed E-state index contributed by atoms with van der Waals surface area (Å²) >= 11 is 15.4. The number of amides is 1. The number of benzene rings is 3. The van der Waals surface area contributed by atoms with Crippen molar-refractivity contribution in [3.63, 3.8) is 0 Å². The van der Waals surface area contributed by atoms with Gasteiger partial charge in [0.25, 0.3) is 0 Å². The number of nitrogens with one attached hydrogen (secondary N) is 1. The molecule has 4 aromatic rings. The topological polar surface area (TPSA) is 59.3 Å². The normalized spacial score (nSPS) is 11.2. The average molecular weight is 515 g/mol. The number of ketones is 1. The number of fused-ring (bicyclic) bond motifs is 1. The van der Waals surface area contributed by atoms with E-state index in [0.717, 1.165) is 4.47 Å². The molecule has 0 unspecified atom stereocenters. The van der Waals surface area contributed by atoms with Crippen molar-refractivity contribution in [2.45, 2.75) is 0 Å². The molecule has 1 heterocycles. The first-order chi connectivity index (χ1) is 14.9. The van der Waals surface area contributed by atoms with Crippen LogP contribution in [0.15, 0.2) is 81.7 Å². The molecule has 1 N–H and O–H groups in total. The fourth-order valence-electron chi connectivity index (χ4n) is 3.03. The van der Waals surface area contributed by atoms with Crippen LogP contribution >= 0.6 is 39.1 Å². The van der Waals surface area contributed by atoms with Gasteiger partial charge >= 0.3 is 0 Å². The average Bonchev–Trinajstić information content (AvgIpc) is 3.11. The van der Waals surface area contributed by atoms with E-state index in [0.29, 0.717) is 37.8 Å². The molecular weight excluding hydrogens is 501 g/mol. The van der Waals surface area contributed by atoms with Gasteiger partial charge in [-0.05, 0) is 60.2 Å². The highest BCUT2D eigenvalue weighted by molar-refractivity contribution is 9.10. The Morgan fingerprint density at radius 2 is 1.71 bits per heavy atom. The van der Waals surface area contributed by atoms with Gasteiger partial charge in [-0.3, -0.25) is 9.59 Å². The summed E-state index contributed by atoms with van der Waals surface area (Å²) in [7, 11) is 0. The molecule has 1 amide bonds. The summed E-state index contributed by atoms with van der Waals surface area (Å²) in [6, 6.07) is 19.0. The summed E-state index contributed by atoms with van der Waals surface area (Å²) in [5, 5.41) is 4.35. The minimum Gasteiger partial charge on any atom is -0.450 e. The van der Waals surface area contributed by atoms with Gasteiger partial charge in [-0.15, -0.1) is 0 Å². The van der Waals surface area contributed by atoms with Crippen molar-refractivity contribution in [1.29, 1.82) is 0 Å². The van der Waals surface area contributed by atoms with Crippen molar-refractivity contribution in [3.8, 4) is 0 Å². The maximum absolute atomic E-state index is 13.1. The van der Waals surface area contributed by atoms with Crippen LogP contribution in [0, 0.1) is 0 Å². The van der Waals surface area contributed by atoms with Crippen LogP contribution in [-0.2, 0) is 4.79 Å². The summed E-state index contributed by atoms with van der Waals surface area (Å²) in [6.45, 7) is 0. The Labute approximate surface area is 196 Å². The summed E-state index contributed by atoms with van der Waals surface area (Å²) in [6.07, 6.45) is 2.91. The summed E-state index contributed by atoms with van der Waals surface area (Å²) in [5.74, 6) is -0.694. The quantitative estimate of drug-likeness (QED) is 0.223. The van der Waals surface area contributed by atoms with E-state index in [1.807, 2.05) is 6.07 Å². The smallest absolute Gasteiger partial charge is 0.248 e. The van der Waals surface area contributed by atoms with Crippen molar-refractivity contribution in [2.75, 3.05) is 5.32 Å². The zero-order valence-electron chi connectivity index (χ0n) is 15.9. The van der Waals surface area contributed by atoms with Crippen LogP contribution in [0.4, 0.5) is 5.69 Å². The third-order valence-corrected chi connectivity index (χ3v) is 5.62. The summed E-state index contributed by atoms with van der Waals surface area (Å²) in [4.78, 5) is 25.7. The molecule has 0 aliphatic carbocycles. The SMILES string of the molecule is O=C(/C=C/c1ccc(Cl)cc1Cl)Nc1c(C(=O)c2ccc(Br)cc2)oc2ccccc12. The van der Waals surface area contributed by atoms with E-state index in [4.69, 9.17) is 27.6 Å². The van der Waals surface area contributed by atoms with Gasteiger partial charge in [0.15, 0.2) is 5.76 Å². The van der Waals surface area contributed by atoms with Crippen molar-refractivity contribution < 1.29 is 14.0 Å².